The first-order valence-corrected chi connectivity index (χ1v) is 5.28. The second-order valence-electron chi connectivity index (χ2n) is 2.62. The third-order valence-corrected chi connectivity index (χ3v) is 2.54. The molecule has 0 bridgehead atoms. The molecule has 6 heteroatoms. The fourth-order valence-corrected chi connectivity index (χ4v) is 1.45. The van der Waals surface area contributed by atoms with E-state index >= 15 is 0 Å². The Morgan fingerprint density at radius 1 is 1.62 bits per heavy atom. The molecule has 5 nitrogen and oxygen atoms in total. The van der Waals surface area contributed by atoms with Crippen LogP contribution in [0.3, 0.4) is 0 Å². The van der Waals surface area contributed by atoms with Gasteiger partial charge in [0.15, 0.2) is 0 Å². The number of rotatable bonds is 7. The van der Waals surface area contributed by atoms with Crippen LogP contribution in [0.1, 0.15) is 13.3 Å². The Morgan fingerprint density at radius 3 is 2.62 bits per heavy atom. The monoisotopic (exact) mass is 210 g/mol. The van der Waals surface area contributed by atoms with Crippen LogP contribution in [0, 0.1) is 0 Å². The Hall–Kier alpha value is -0.0100. The van der Waals surface area contributed by atoms with Crippen molar-refractivity contribution in [3.63, 3.8) is 0 Å². The van der Waals surface area contributed by atoms with Gasteiger partial charge in [0.1, 0.15) is 0 Å². The van der Waals surface area contributed by atoms with Gasteiger partial charge < -0.3 is 10.4 Å². The predicted octanol–water partition coefficient (Wildman–Crippen LogP) is -0.840. The number of hydrogen-bond donors (Lipinski definition) is 3. The first-order chi connectivity index (χ1) is 6.15. The SMILES string of the molecule is CC[C@H](NC)C(O)CNS(=O)OC. The summed E-state index contributed by atoms with van der Waals surface area (Å²) in [5.41, 5.74) is 0. The highest BCUT2D eigenvalue weighted by Gasteiger charge is 2.15. The van der Waals surface area contributed by atoms with Crippen molar-refractivity contribution in [1.29, 1.82) is 0 Å². The number of aliphatic hydroxyl groups excluding tert-OH is 1. The van der Waals surface area contributed by atoms with Crippen molar-refractivity contribution in [3.8, 4) is 0 Å². The van der Waals surface area contributed by atoms with Crippen molar-refractivity contribution >= 4 is 11.3 Å². The molecular formula is C7H18N2O3S. The Bertz CT molecular complexity index is 153. The van der Waals surface area contributed by atoms with E-state index in [4.69, 9.17) is 0 Å². The molecule has 0 aliphatic heterocycles. The van der Waals surface area contributed by atoms with E-state index in [-0.39, 0.29) is 12.6 Å². The second kappa shape index (κ2) is 7.40. The molecule has 0 aromatic heterocycles. The van der Waals surface area contributed by atoms with Gasteiger partial charge in [-0.3, -0.25) is 4.18 Å². The highest BCUT2D eigenvalue weighted by atomic mass is 32.2. The van der Waals surface area contributed by atoms with Crippen molar-refractivity contribution in [1.82, 2.24) is 10.0 Å². The molecule has 0 saturated heterocycles. The largest absolute Gasteiger partial charge is 0.390 e. The summed E-state index contributed by atoms with van der Waals surface area (Å²) in [5, 5.41) is 12.5. The quantitative estimate of drug-likeness (QED) is 0.512. The number of aliphatic hydroxyl groups is 1. The van der Waals surface area contributed by atoms with Crippen molar-refractivity contribution in [2.45, 2.75) is 25.5 Å². The van der Waals surface area contributed by atoms with Crippen LogP contribution in [0.2, 0.25) is 0 Å². The predicted molar refractivity (Wildman–Crippen MR) is 52.3 cm³/mol. The summed E-state index contributed by atoms with van der Waals surface area (Å²) >= 11 is -1.51. The van der Waals surface area contributed by atoms with Gasteiger partial charge in [0, 0.05) is 12.6 Å². The summed E-state index contributed by atoms with van der Waals surface area (Å²) in [5.74, 6) is 0. The molecule has 80 valence electrons. The minimum absolute atomic E-state index is 0.0151. The summed E-state index contributed by atoms with van der Waals surface area (Å²) in [4.78, 5) is 0. The van der Waals surface area contributed by atoms with Gasteiger partial charge >= 0.3 is 0 Å². The van der Waals surface area contributed by atoms with Crippen LogP contribution in [0.15, 0.2) is 0 Å². The number of hydrogen-bond acceptors (Lipinski definition) is 4. The van der Waals surface area contributed by atoms with Crippen LogP contribution in [-0.2, 0) is 15.4 Å². The average Bonchev–Trinajstić information content (AvgIpc) is 2.16. The Balaban J connectivity index is 3.71. The summed E-state index contributed by atoms with van der Waals surface area (Å²) < 4.78 is 17.8. The third-order valence-electron chi connectivity index (χ3n) is 1.84. The zero-order valence-electron chi connectivity index (χ0n) is 8.24. The van der Waals surface area contributed by atoms with Gasteiger partial charge in [-0.2, -0.15) is 0 Å². The summed E-state index contributed by atoms with van der Waals surface area (Å²) in [6.07, 6.45) is 0.257. The summed E-state index contributed by atoms with van der Waals surface area (Å²) in [7, 11) is 3.12. The zero-order valence-corrected chi connectivity index (χ0v) is 9.06. The van der Waals surface area contributed by atoms with E-state index < -0.39 is 17.4 Å². The highest BCUT2D eigenvalue weighted by molar-refractivity contribution is 7.78. The fourth-order valence-electron chi connectivity index (χ4n) is 1.02. The molecule has 3 atom stereocenters. The molecule has 0 radical (unpaired) electrons. The molecule has 0 aliphatic rings. The average molecular weight is 210 g/mol. The standard InChI is InChI=1S/C7H18N2O3S/c1-4-6(8-2)7(10)5-9-13(11)12-3/h6-10H,4-5H2,1-3H3/t6-,7?,13?/m0/s1. The van der Waals surface area contributed by atoms with E-state index in [2.05, 4.69) is 14.2 Å². The maximum absolute atomic E-state index is 10.8. The van der Waals surface area contributed by atoms with E-state index in [1.807, 2.05) is 6.92 Å². The molecular weight excluding hydrogens is 192 g/mol. The van der Waals surface area contributed by atoms with Crippen LogP contribution in [0.5, 0.6) is 0 Å². The number of likely N-dealkylation sites (N-methyl/N-ethyl adjacent to an activating group) is 1. The maximum atomic E-state index is 10.8. The van der Waals surface area contributed by atoms with Crippen molar-refractivity contribution < 1.29 is 13.5 Å². The molecule has 0 saturated carbocycles. The lowest BCUT2D eigenvalue weighted by atomic mass is 10.1. The van der Waals surface area contributed by atoms with Gasteiger partial charge in [-0.1, -0.05) is 6.92 Å². The van der Waals surface area contributed by atoms with E-state index in [9.17, 15) is 9.32 Å². The molecule has 0 heterocycles. The lowest BCUT2D eigenvalue weighted by Gasteiger charge is -2.20. The molecule has 2 unspecified atom stereocenters. The number of nitrogens with one attached hydrogen (secondary N) is 2. The molecule has 0 aromatic carbocycles. The molecule has 0 rings (SSSR count). The lowest BCUT2D eigenvalue weighted by Crippen LogP contribution is -2.43. The topological polar surface area (TPSA) is 70.6 Å². The van der Waals surface area contributed by atoms with Crippen molar-refractivity contribution in [2.75, 3.05) is 20.7 Å². The van der Waals surface area contributed by atoms with E-state index in [1.54, 1.807) is 7.05 Å². The second-order valence-corrected chi connectivity index (χ2v) is 3.71. The van der Waals surface area contributed by atoms with E-state index in [0.717, 1.165) is 6.42 Å². The first kappa shape index (κ1) is 13.0. The minimum atomic E-state index is -1.51. The third kappa shape index (κ3) is 5.33. The van der Waals surface area contributed by atoms with Crippen LogP contribution in [0.25, 0.3) is 0 Å². The Kier molecular flexibility index (Phi) is 7.39. The van der Waals surface area contributed by atoms with Gasteiger partial charge in [0.25, 0.3) is 0 Å². The highest BCUT2D eigenvalue weighted by Crippen LogP contribution is 1.96. The summed E-state index contributed by atoms with van der Waals surface area (Å²) in [6, 6.07) is 0.0151. The molecule has 0 aliphatic carbocycles. The molecule has 13 heavy (non-hydrogen) atoms. The zero-order chi connectivity index (χ0) is 10.3. The Morgan fingerprint density at radius 2 is 2.23 bits per heavy atom. The first-order valence-electron chi connectivity index (χ1n) is 4.20. The van der Waals surface area contributed by atoms with Gasteiger partial charge in [-0.25, -0.2) is 8.93 Å². The van der Waals surface area contributed by atoms with Crippen molar-refractivity contribution in [2.24, 2.45) is 0 Å². The molecule has 0 spiro atoms. The van der Waals surface area contributed by atoms with Gasteiger partial charge in [0.05, 0.1) is 13.2 Å². The smallest absolute Gasteiger partial charge is 0.234 e. The fraction of sp³-hybridized carbons (Fsp3) is 1.00. The summed E-state index contributed by atoms with van der Waals surface area (Å²) in [6.45, 7) is 2.22. The van der Waals surface area contributed by atoms with Crippen LogP contribution in [-0.4, -0.2) is 42.2 Å². The molecule has 3 N–H and O–H groups in total. The van der Waals surface area contributed by atoms with Gasteiger partial charge in [-0.15, -0.1) is 0 Å². The van der Waals surface area contributed by atoms with Gasteiger partial charge in [0.2, 0.25) is 11.3 Å². The van der Waals surface area contributed by atoms with Crippen molar-refractivity contribution in [3.05, 3.63) is 0 Å². The van der Waals surface area contributed by atoms with E-state index in [1.165, 1.54) is 7.11 Å². The molecule has 0 amide bonds. The molecule has 0 aromatic rings. The van der Waals surface area contributed by atoms with Crippen LogP contribution in [0.4, 0.5) is 0 Å². The minimum Gasteiger partial charge on any atom is -0.390 e. The van der Waals surface area contributed by atoms with Crippen LogP contribution < -0.4 is 10.0 Å². The maximum Gasteiger partial charge on any atom is 0.234 e. The molecule has 0 fully saturated rings. The van der Waals surface area contributed by atoms with Gasteiger partial charge in [-0.05, 0) is 13.5 Å². The van der Waals surface area contributed by atoms with Crippen LogP contribution >= 0.6 is 0 Å². The normalized spacial score (nSPS) is 18.2. The lowest BCUT2D eigenvalue weighted by molar-refractivity contribution is 0.132. The van der Waals surface area contributed by atoms with E-state index in [0.29, 0.717) is 0 Å². The Labute approximate surface area is 81.7 Å².